The van der Waals surface area contributed by atoms with Gasteiger partial charge in [0.25, 0.3) is 0 Å². The Balaban J connectivity index is 2.44. The van der Waals surface area contributed by atoms with Gasteiger partial charge in [0, 0.05) is 6.54 Å². The molecule has 0 amide bonds. The molecule has 19 heavy (non-hydrogen) atoms. The van der Waals surface area contributed by atoms with Crippen molar-refractivity contribution in [3.63, 3.8) is 0 Å². The van der Waals surface area contributed by atoms with E-state index in [4.69, 9.17) is 4.74 Å². The van der Waals surface area contributed by atoms with Crippen molar-refractivity contribution in [1.29, 1.82) is 0 Å². The number of para-hydroxylation sites is 1. The number of sulfone groups is 1. The minimum atomic E-state index is -3.27. The molecule has 1 aliphatic heterocycles. The normalized spacial score (nSPS) is 20.5. The third kappa shape index (κ3) is 2.91. The highest BCUT2D eigenvalue weighted by atomic mass is 32.2. The van der Waals surface area contributed by atoms with E-state index in [0.717, 1.165) is 0 Å². The van der Waals surface area contributed by atoms with Gasteiger partial charge in [-0.1, -0.05) is 19.1 Å². The fourth-order valence-electron chi connectivity index (χ4n) is 2.24. The topological polar surface area (TPSA) is 66.8 Å². The molecule has 6 heteroatoms. The second-order valence-corrected chi connectivity index (χ2v) is 6.72. The van der Waals surface area contributed by atoms with Crippen molar-refractivity contribution in [2.24, 2.45) is 0 Å². The SMILES string of the molecule is CCS(=O)(=O)c1ccccc1N1CCOCC1CO. The average molecular weight is 285 g/mol. The molecule has 1 aromatic rings. The molecule has 1 heterocycles. The largest absolute Gasteiger partial charge is 0.394 e. The van der Waals surface area contributed by atoms with E-state index in [1.54, 1.807) is 25.1 Å². The van der Waals surface area contributed by atoms with E-state index in [0.29, 0.717) is 30.3 Å². The zero-order valence-electron chi connectivity index (χ0n) is 10.9. The maximum Gasteiger partial charge on any atom is 0.180 e. The van der Waals surface area contributed by atoms with Crippen molar-refractivity contribution in [2.75, 3.05) is 37.0 Å². The molecule has 1 fully saturated rings. The van der Waals surface area contributed by atoms with Gasteiger partial charge in [0.15, 0.2) is 9.84 Å². The third-order valence-corrected chi connectivity index (χ3v) is 5.10. The molecule has 0 aromatic heterocycles. The lowest BCUT2D eigenvalue weighted by Gasteiger charge is -2.37. The summed E-state index contributed by atoms with van der Waals surface area (Å²) < 4.78 is 29.6. The van der Waals surface area contributed by atoms with Crippen LogP contribution in [0.1, 0.15) is 6.92 Å². The van der Waals surface area contributed by atoms with Crippen LogP contribution in [0.15, 0.2) is 29.2 Å². The summed E-state index contributed by atoms with van der Waals surface area (Å²) in [7, 11) is -3.27. The lowest BCUT2D eigenvalue weighted by molar-refractivity contribution is 0.0724. The van der Waals surface area contributed by atoms with Crippen LogP contribution in [0.5, 0.6) is 0 Å². The first-order valence-electron chi connectivity index (χ1n) is 6.37. The van der Waals surface area contributed by atoms with Crippen LogP contribution < -0.4 is 4.90 Å². The molecule has 1 aromatic carbocycles. The zero-order valence-corrected chi connectivity index (χ0v) is 11.8. The van der Waals surface area contributed by atoms with Crippen molar-refractivity contribution in [3.05, 3.63) is 24.3 Å². The van der Waals surface area contributed by atoms with E-state index < -0.39 is 9.84 Å². The third-order valence-electron chi connectivity index (χ3n) is 3.33. The predicted molar refractivity (Wildman–Crippen MR) is 73.2 cm³/mol. The molecule has 1 unspecified atom stereocenters. The van der Waals surface area contributed by atoms with Crippen molar-refractivity contribution < 1.29 is 18.3 Å². The summed E-state index contributed by atoms with van der Waals surface area (Å²) in [5.74, 6) is 0.0676. The van der Waals surface area contributed by atoms with Crippen LogP contribution in [0.25, 0.3) is 0 Å². The summed E-state index contributed by atoms with van der Waals surface area (Å²) in [6.45, 7) is 3.12. The molecule has 0 aliphatic carbocycles. The highest BCUT2D eigenvalue weighted by molar-refractivity contribution is 7.91. The van der Waals surface area contributed by atoms with Gasteiger partial charge < -0.3 is 14.7 Å². The first kappa shape index (κ1) is 14.3. The second-order valence-electron chi connectivity index (χ2n) is 4.48. The molecule has 0 bridgehead atoms. The van der Waals surface area contributed by atoms with E-state index in [1.165, 1.54) is 0 Å². The van der Waals surface area contributed by atoms with Gasteiger partial charge in [-0.2, -0.15) is 0 Å². The number of ether oxygens (including phenoxy) is 1. The van der Waals surface area contributed by atoms with Crippen LogP contribution >= 0.6 is 0 Å². The number of benzene rings is 1. The van der Waals surface area contributed by atoms with E-state index in [-0.39, 0.29) is 18.4 Å². The fourth-order valence-corrected chi connectivity index (χ4v) is 3.34. The predicted octanol–water partition coefficient (Wildman–Crippen LogP) is 0.678. The molecule has 106 valence electrons. The highest BCUT2D eigenvalue weighted by Gasteiger charge is 2.27. The van der Waals surface area contributed by atoms with E-state index in [2.05, 4.69) is 0 Å². The van der Waals surface area contributed by atoms with Crippen molar-refractivity contribution >= 4 is 15.5 Å². The zero-order chi connectivity index (χ0) is 13.9. The van der Waals surface area contributed by atoms with Gasteiger partial charge in [-0.3, -0.25) is 0 Å². The van der Waals surface area contributed by atoms with Gasteiger partial charge in [-0.15, -0.1) is 0 Å². The van der Waals surface area contributed by atoms with Crippen LogP contribution in [0, 0.1) is 0 Å². The van der Waals surface area contributed by atoms with E-state index in [9.17, 15) is 13.5 Å². The Morgan fingerprint density at radius 2 is 2.16 bits per heavy atom. The van der Waals surface area contributed by atoms with Gasteiger partial charge in [0.2, 0.25) is 0 Å². The average Bonchev–Trinajstić information content (AvgIpc) is 2.47. The Morgan fingerprint density at radius 3 is 2.84 bits per heavy atom. The minimum Gasteiger partial charge on any atom is -0.394 e. The number of morpholine rings is 1. The number of anilines is 1. The Hall–Kier alpha value is -1.11. The quantitative estimate of drug-likeness (QED) is 0.881. The summed E-state index contributed by atoms with van der Waals surface area (Å²) in [5, 5.41) is 9.40. The van der Waals surface area contributed by atoms with Crippen molar-refractivity contribution in [1.82, 2.24) is 0 Å². The Bertz CT molecular complexity index is 529. The monoisotopic (exact) mass is 285 g/mol. The Kier molecular flexibility index (Phi) is 4.44. The molecule has 1 saturated heterocycles. The van der Waals surface area contributed by atoms with Crippen molar-refractivity contribution in [2.45, 2.75) is 17.9 Å². The summed E-state index contributed by atoms with van der Waals surface area (Å²) >= 11 is 0. The van der Waals surface area contributed by atoms with Crippen LogP contribution in [0.4, 0.5) is 5.69 Å². The molecule has 2 rings (SSSR count). The lowest BCUT2D eigenvalue weighted by Crippen LogP contribution is -2.48. The first-order valence-corrected chi connectivity index (χ1v) is 8.02. The smallest absolute Gasteiger partial charge is 0.180 e. The number of aliphatic hydroxyl groups is 1. The summed E-state index contributed by atoms with van der Waals surface area (Å²) in [5.41, 5.74) is 0.659. The standard InChI is InChI=1S/C13H19NO4S/c1-2-19(16,17)13-6-4-3-5-12(13)14-7-8-18-10-11(14)9-15/h3-6,11,15H,2,7-10H2,1H3. The molecule has 0 radical (unpaired) electrons. The van der Waals surface area contributed by atoms with Gasteiger partial charge in [-0.25, -0.2) is 8.42 Å². The molecule has 1 aliphatic rings. The first-order chi connectivity index (χ1) is 9.10. The number of hydrogen-bond acceptors (Lipinski definition) is 5. The fraction of sp³-hybridized carbons (Fsp3) is 0.538. The van der Waals surface area contributed by atoms with Crippen LogP contribution in [0.2, 0.25) is 0 Å². The molecular formula is C13H19NO4S. The molecule has 5 nitrogen and oxygen atoms in total. The summed E-state index contributed by atoms with van der Waals surface area (Å²) in [6.07, 6.45) is 0. The lowest BCUT2D eigenvalue weighted by atomic mass is 10.2. The maximum absolute atomic E-state index is 12.1. The number of rotatable bonds is 4. The Morgan fingerprint density at radius 1 is 1.42 bits per heavy atom. The van der Waals surface area contributed by atoms with Gasteiger partial charge in [0.1, 0.15) is 0 Å². The summed E-state index contributed by atoms with van der Waals surface area (Å²) in [6, 6.07) is 6.75. The van der Waals surface area contributed by atoms with Crippen LogP contribution in [0.3, 0.4) is 0 Å². The maximum atomic E-state index is 12.1. The molecule has 1 atom stereocenters. The van der Waals surface area contributed by atoms with E-state index in [1.807, 2.05) is 11.0 Å². The van der Waals surface area contributed by atoms with Crippen LogP contribution in [-0.4, -0.2) is 51.7 Å². The van der Waals surface area contributed by atoms with Crippen molar-refractivity contribution in [3.8, 4) is 0 Å². The molecular weight excluding hydrogens is 266 g/mol. The molecule has 1 N–H and O–H groups in total. The highest BCUT2D eigenvalue weighted by Crippen LogP contribution is 2.28. The summed E-state index contributed by atoms with van der Waals surface area (Å²) in [4.78, 5) is 2.25. The van der Waals surface area contributed by atoms with Gasteiger partial charge in [0.05, 0.1) is 42.2 Å². The van der Waals surface area contributed by atoms with Gasteiger partial charge >= 0.3 is 0 Å². The van der Waals surface area contributed by atoms with E-state index >= 15 is 0 Å². The van der Waals surface area contributed by atoms with Gasteiger partial charge in [-0.05, 0) is 12.1 Å². The second kappa shape index (κ2) is 5.90. The number of aliphatic hydroxyl groups excluding tert-OH is 1. The molecule has 0 saturated carbocycles. The number of hydrogen-bond donors (Lipinski definition) is 1. The Labute approximate surface area is 113 Å². The van der Waals surface area contributed by atoms with Crippen LogP contribution in [-0.2, 0) is 14.6 Å². The minimum absolute atomic E-state index is 0.0551. The molecule has 0 spiro atoms. The number of nitrogens with zero attached hydrogens (tertiary/aromatic N) is 1.